The predicted octanol–water partition coefficient (Wildman–Crippen LogP) is 20.7. The molecule has 4 amide bonds. The number of carbonyl (C=O) groups excluding carboxylic acids is 2. The Morgan fingerprint density at radius 2 is 0.463 bits per heavy atom. The van der Waals surface area contributed by atoms with Crippen LogP contribution in [0.25, 0.3) is 0 Å². The summed E-state index contributed by atoms with van der Waals surface area (Å²) >= 11 is 0. The zero-order chi connectivity index (χ0) is 57.3. The Morgan fingerprint density at radius 1 is 0.263 bits per heavy atom. The van der Waals surface area contributed by atoms with Crippen LogP contribution in [-0.4, -0.2) is 51.6 Å². The van der Waals surface area contributed by atoms with E-state index in [1.807, 2.05) is 36.4 Å². The van der Waals surface area contributed by atoms with Crippen molar-refractivity contribution >= 4 is 12.1 Å². The number of hydrogen-bond donors (Lipinski definition) is 4. The van der Waals surface area contributed by atoms with Crippen LogP contribution in [0.5, 0.6) is 23.0 Å². The minimum Gasteiger partial charge on any atom is -0.493 e. The van der Waals surface area contributed by atoms with Crippen LogP contribution in [-0.2, 0) is 13.1 Å². The maximum atomic E-state index is 12.9. The molecule has 0 atom stereocenters. The van der Waals surface area contributed by atoms with Gasteiger partial charge >= 0.3 is 12.1 Å². The fraction of sp³-hybridized carbons (Fsp3) is 0.800. The number of urea groups is 2. The molecule has 0 aliphatic carbocycles. The van der Waals surface area contributed by atoms with Gasteiger partial charge in [-0.15, -0.1) is 0 Å². The first kappa shape index (κ1) is 72.3. The lowest BCUT2D eigenvalue weighted by molar-refractivity contribution is 0.239. The van der Waals surface area contributed by atoms with Crippen LogP contribution < -0.4 is 40.2 Å². The Labute approximate surface area is 493 Å². The highest BCUT2D eigenvalue weighted by Gasteiger charge is 2.10. The normalized spacial score (nSPS) is 11.2. The lowest BCUT2D eigenvalue weighted by Crippen LogP contribution is -2.36. The van der Waals surface area contributed by atoms with Crippen LogP contribution in [0.15, 0.2) is 36.4 Å². The van der Waals surface area contributed by atoms with E-state index in [1.54, 1.807) is 0 Å². The monoisotopic (exact) mass is 1120 g/mol. The van der Waals surface area contributed by atoms with Crippen LogP contribution in [0.1, 0.15) is 321 Å². The number of nitrogens with one attached hydrogen (secondary N) is 4. The maximum absolute atomic E-state index is 12.9. The van der Waals surface area contributed by atoms with Crippen LogP contribution in [0.4, 0.5) is 9.59 Å². The van der Waals surface area contributed by atoms with Crippen LogP contribution in [0.3, 0.4) is 0 Å². The molecule has 0 saturated heterocycles. The molecule has 0 bridgehead atoms. The molecular formula is C70H126N4O6. The third-order valence-electron chi connectivity index (χ3n) is 15.5. The van der Waals surface area contributed by atoms with Crippen molar-refractivity contribution in [2.75, 3.05) is 39.5 Å². The largest absolute Gasteiger partial charge is 0.493 e. The van der Waals surface area contributed by atoms with Crippen LogP contribution in [0.2, 0.25) is 0 Å². The van der Waals surface area contributed by atoms with Gasteiger partial charge in [-0.3, -0.25) is 0 Å². The summed E-state index contributed by atoms with van der Waals surface area (Å²) in [6.07, 6.45) is 55.5. The maximum Gasteiger partial charge on any atom is 0.315 e. The van der Waals surface area contributed by atoms with Crippen molar-refractivity contribution in [3.63, 3.8) is 0 Å². The Morgan fingerprint density at radius 3 is 0.688 bits per heavy atom. The van der Waals surface area contributed by atoms with Gasteiger partial charge < -0.3 is 40.2 Å². The highest BCUT2D eigenvalue weighted by atomic mass is 16.5. The second-order valence-corrected chi connectivity index (χ2v) is 23.4. The van der Waals surface area contributed by atoms with E-state index in [1.165, 1.54) is 231 Å². The lowest BCUT2D eigenvalue weighted by Gasteiger charge is -2.14. The van der Waals surface area contributed by atoms with Crippen molar-refractivity contribution < 1.29 is 28.5 Å². The van der Waals surface area contributed by atoms with E-state index in [4.69, 9.17) is 18.9 Å². The summed E-state index contributed by atoms with van der Waals surface area (Å²) in [5.74, 6) is 3.24. The molecule has 4 N–H and O–H groups in total. The predicted molar refractivity (Wildman–Crippen MR) is 341 cm³/mol. The average Bonchev–Trinajstić information content (AvgIpc) is 3.46. The Kier molecular flexibility index (Phi) is 50.3. The summed E-state index contributed by atoms with van der Waals surface area (Å²) in [5.41, 5.74) is 1.95. The van der Waals surface area contributed by atoms with Gasteiger partial charge in [0.05, 0.1) is 26.4 Å². The van der Waals surface area contributed by atoms with Crippen LogP contribution in [0, 0.1) is 0 Å². The summed E-state index contributed by atoms with van der Waals surface area (Å²) in [6, 6.07) is 11.8. The van der Waals surface area contributed by atoms with Crippen molar-refractivity contribution in [1.82, 2.24) is 21.3 Å². The SMILES string of the molecule is CCCCCCCCCCCCOc1cc(CNC(=O)NCCCCCCNC(=O)NCc2cc(OCCCCCCCCCCCC)cc(OCCCCCCCCCCCC)c2)cc(OCCCCCCCCCCCC)c1. The van der Waals surface area contributed by atoms with E-state index in [0.29, 0.717) is 52.6 Å². The Balaban J connectivity index is 1.72. The first-order valence-corrected chi connectivity index (χ1v) is 34.3. The van der Waals surface area contributed by atoms with Crippen LogP contribution >= 0.6 is 0 Å². The van der Waals surface area contributed by atoms with Gasteiger partial charge in [-0.1, -0.05) is 272 Å². The number of hydrogen-bond acceptors (Lipinski definition) is 6. The van der Waals surface area contributed by atoms with Crippen molar-refractivity contribution in [3.05, 3.63) is 47.5 Å². The van der Waals surface area contributed by atoms with Gasteiger partial charge in [0.25, 0.3) is 0 Å². The Bertz CT molecular complexity index is 1480. The highest BCUT2D eigenvalue weighted by Crippen LogP contribution is 2.26. The molecule has 2 rings (SSSR count). The number of amides is 4. The van der Waals surface area contributed by atoms with Crippen molar-refractivity contribution in [2.24, 2.45) is 0 Å². The molecule has 0 aliphatic heterocycles. The van der Waals surface area contributed by atoms with E-state index in [-0.39, 0.29) is 12.1 Å². The summed E-state index contributed by atoms with van der Waals surface area (Å²) in [5, 5.41) is 12.2. The molecule has 0 radical (unpaired) electrons. The molecule has 0 spiro atoms. The molecule has 10 heteroatoms. The van der Waals surface area contributed by atoms with Gasteiger partial charge in [0.15, 0.2) is 0 Å². The van der Waals surface area contributed by atoms with Gasteiger partial charge in [-0.2, -0.15) is 0 Å². The third kappa shape index (κ3) is 45.8. The first-order valence-electron chi connectivity index (χ1n) is 34.3. The van der Waals surface area contributed by atoms with Gasteiger partial charge in [0.1, 0.15) is 23.0 Å². The third-order valence-corrected chi connectivity index (χ3v) is 15.5. The number of ether oxygens (including phenoxy) is 4. The minimum absolute atomic E-state index is 0.174. The molecule has 0 unspecified atom stereocenters. The topological polar surface area (TPSA) is 119 Å². The molecule has 2 aromatic rings. The number of carbonyl (C=O) groups is 2. The zero-order valence-corrected chi connectivity index (χ0v) is 52.7. The number of unbranched alkanes of at least 4 members (excludes halogenated alkanes) is 39. The quantitative estimate of drug-likeness (QED) is 0.0490. The molecule has 0 fully saturated rings. The molecule has 462 valence electrons. The first-order chi connectivity index (χ1) is 39.5. The molecule has 2 aromatic carbocycles. The Hall–Kier alpha value is -3.82. The average molecular weight is 1120 g/mol. The number of rotatable bonds is 59. The van der Waals surface area contributed by atoms with Gasteiger partial charge in [0.2, 0.25) is 0 Å². The highest BCUT2D eigenvalue weighted by molar-refractivity contribution is 5.74. The van der Waals surface area contributed by atoms with Gasteiger partial charge in [-0.05, 0) is 73.9 Å². The van der Waals surface area contributed by atoms with E-state index < -0.39 is 0 Å². The van der Waals surface area contributed by atoms with Crippen molar-refractivity contribution in [3.8, 4) is 23.0 Å². The summed E-state index contributed by atoms with van der Waals surface area (Å²) in [7, 11) is 0. The van der Waals surface area contributed by atoms with E-state index in [2.05, 4.69) is 49.0 Å². The standard InChI is InChI=1S/C70H126N4O6/c1-5-9-13-17-21-25-29-33-39-45-51-77-65-55-63(56-66(59-65)78-52-46-40-34-30-26-22-18-14-10-6-2)61-73-69(75)71-49-43-37-38-44-50-72-70(76)74-62-64-57-67(79-53-47-41-35-31-27-23-19-15-11-7-3)60-68(58-64)80-54-48-42-36-32-28-24-20-16-12-8-4/h55-60H,5-54,61-62H2,1-4H3,(H2,71,73,75)(H2,72,74,76). The summed E-state index contributed by atoms with van der Waals surface area (Å²) in [4.78, 5) is 25.7. The minimum atomic E-state index is -0.174. The molecule has 10 nitrogen and oxygen atoms in total. The second kappa shape index (κ2) is 55.7. The van der Waals surface area contributed by atoms with E-state index in [0.717, 1.165) is 85.5 Å². The molecule has 0 aromatic heterocycles. The summed E-state index contributed by atoms with van der Waals surface area (Å²) < 4.78 is 25.1. The zero-order valence-electron chi connectivity index (χ0n) is 52.7. The van der Waals surface area contributed by atoms with Crippen molar-refractivity contribution in [1.29, 1.82) is 0 Å². The van der Waals surface area contributed by atoms with Crippen molar-refractivity contribution in [2.45, 2.75) is 323 Å². The second-order valence-electron chi connectivity index (χ2n) is 23.4. The molecule has 0 heterocycles. The van der Waals surface area contributed by atoms with Gasteiger partial charge in [0, 0.05) is 38.3 Å². The molecule has 0 aliphatic rings. The smallest absolute Gasteiger partial charge is 0.315 e. The van der Waals surface area contributed by atoms with E-state index in [9.17, 15) is 9.59 Å². The number of benzene rings is 2. The molecule has 80 heavy (non-hydrogen) atoms. The molecular weight excluding hydrogens is 993 g/mol. The lowest BCUT2D eigenvalue weighted by atomic mass is 10.1. The molecule has 0 saturated carbocycles. The summed E-state index contributed by atoms with van der Waals surface area (Å²) in [6.45, 7) is 13.9. The fourth-order valence-corrected chi connectivity index (χ4v) is 10.4. The van der Waals surface area contributed by atoms with Gasteiger partial charge in [-0.25, -0.2) is 9.59 Å². The van der Waals surface area contributed by atoms with E-state index >= 15 is 0 Å². The fourth-order valence-electron chi connectivity index (χ4n) is 10.4.